The summed E-state index contributed by atoms with van der Waals surface area (Å²) < 4.78 is 21.2. The van der Waals surface area contributed by atoms with Crippen molar-refractivity contribution in [3.63, 3.8) is 0 Å². The van der Waals surface area contributed by atoms with Gasteiger partial charge in [0.1, 0.15) is 64.7 Å². The van der Waals surface area contributed by atoms with Gasteiger partial charge in [-0.15, -0.1) is 0 Å². The maximum Gasteiger partial charge on any atom is 1.00 e. The standard InChI is InChI=1S/C23H16O11.C13H18O2.2Na/c24-11(9-31-14-3-1-5-16-20(14)12(25)7-18(33-16)22(27)28)10-32-15-4-2-6-17-21(15)13(26)8-19(34-17)23(29)30;1-9(2)8-11-4-6-12(7-5-11)10(3)13(14)15;;/h1-8,11,24H,9-10H2,(H,27,28)(H,29,30);4-7,9-10H,8H2,1-3H3,(H,14,15);;/q;;2*+1/p-2. The van der Waals surface area contributed by atoms with Gasteiger partial charge in [-0.1, -0.05) is 50.2 Å². The first kappa shape index (κ1) is 43.2. The third-order valence-electron chi connectivity index (χ3n) is 7.19. The number of carboxylic acids is 3. The van der Waals surface area contributed by atoms with Crippen LogP contribution in [0.4, 0.5) is 0 Å². The number of carbonyl (C=O) groups excluding carboxylic acids is 2. The molecule has 0 aliphatic rings. The third kappa shape index (κ3) is 11.5. The van der Waals surface area contributed by atoms with Gasteiger partial charge in [0.15, 0.2) is 22.4 Å². The van der Waals surface area contributed by atoms with E-state index in [1.54, 1.807) is 6.92 Å². The summed E-state index contributed by atoms with van der Waals surface area (Å²) >= 11 is 0. The number of carboxylic acid groups (broad SMARTS) is 3. The minimum atomic E-state index is -1.64. The summed E-state index contributed by atoms with van der Waals surface area (Å²) in [6.07, 6.45) is -0.170. The Labute approximate surface area is 335 Å². The molecule has 51 heavy (non-hydrogen) atoms. The zero-order chi connectivity index (χ0) is 35.8. The van der Waals surface area contributed by atoms with E-state index in [2.05, 4.69) is 13.8 Å². The van der Waals surface area contributed by atoms with E-state index in [4.69, 9.17) is 23.4 Å². The van der Waals surface area contributed by atoms with Gasteiger partial charge in [0.2, 0.25) is 0 Å². The van der Waals surface area contributed by atoms with Crippen molar-refractivity contribution in [2.75, 3.05) is 13.2 Å². The van der Waals surface area contributed by atoms with Gasteiger partial charge in [-0.05, 0) is 54.7 Å². The van der Waals surface area contributed by atoms with Gasteiger partial charge >= 0.3 is 65.1 Å². The van der Waals surface area contributed by atoms with Crippen LogP contribution in [0.3, 0.4) is 0 Å². The molecule has 3 aromatic carbocycles. The first-order chi connectivity index (χ1) is 23.2. The van der Waals surface area contributed by atoms with Crippen LogP contribution in [0.5, 0.6) is 11.5 Å². The van der Waals surface area contributed by atoms with E-state index in [1.807, 2.05) is 24.3 Å². The molecule has 0 radical (unpaired) electrons. The van der Waals surface area contributed by atoms with Crippen LogP contribution in [0.1, 0.15) is 58.9 Å². The molecule has 0 bridgehead atoms. The topological polar surface area (TPSA) is 217 Å². The van der Waals surface area contributed by atoms with Crippen LogP contribution in [0, 0.1) is 5.92 Å². The monoisotopic (exact) mass is 718 g/mol. The van der Waals surface area contributed by atoms with Gasteiger partial charge in [-0.2, -0.15) is 0 Å². The fourth-order valence-electron chi connectivity index (χ4n) is 4.77. The van der Waals surface area contributed by atoms with E-state index in [0.717, 1.165) is 24.1 Å². The Morgan fingerprint density at radius 1 is 0.725 bits per heavy atom. The number of aliphatic carboxylic acids is 1. The van der Waals surface area contributed by atoms with Crippen molar-refractivity contribution in [2.24, 2.45) is 5.92 Å². The molecule has 0 fully saturated rings. The van der Waals surface area contributed by atoms with Crippen molar-refractivity contribution in [2.45, 2.75) is 39.2 Å². The Kier molecular flexibility index (Phi) is 16.6. The second kappa shape index (κ2) is 19.6. The maximum atomic E-state index is 12.3. The summed E-state index contributed by atoms with van der Waals surface area (Å²) in [5.74, 6) is -5.00. The maximum absolute atomic E-state index is 12.3. The first-order valence-corrected chi connectivity index (χ1v) is 15.1. The van der Waals surface area contributed by atoms with Gasteiger partial charge in [0, 0.05) is 12.1 Å². The van der Waals surface area contributed by atoms with Crippen LogP contribution in [-0.4, -0.2) is 47.4 Å². The van der Waals surface area contributed by atoms with Crippen LogP contribution in [0.2, 0.25) is 0 Å². The number of aromatic carboxylic acids is 2. The Balaban J connectivity index is 0.000000449. The van der Waals surface area contributed by atoms with Crippen LogP contribution < -0.4 is 89.7 Å². The number of fused-ring (bicyclic) bond motifs is 2. The molecule has 5 aromatic rings. The number of hydrogen-bond acceptors (Lipinski definition) is 12. The number of rotatable bonds is 12. The van der Waals surface area contributed by atoms with Gasteiger partial charge in [0.05, 0.1) is 5.92 Å². The molecule has 0 amide bonds. The fourth-order valence-corrected chi connectivity index (χ4v) is 4.77. The quantitative estimate of drug-likeness (QED) is 0.120. The second-order valence-corrected chi connectivity index (χ2v) is 11.5. The summed E-state index contributed by atoms with van der Waals surface area (Å²) in [6, 6.07) is 18.0. The molecule has 1 unspecified atom stereocenters. The van der Waals surface area contributed by atoms with Crippen LogP contribution >= 0.6 is 0 Å². The van der Waals surface area contributed by atoms with Crippen molar-refractivity contribution in [1.29, 1.82) is 0 Å². The summed E-state index contributed by atoms with van der Waals surface area (Å²) in [6.45, 7) is 5.41. The molecule has 13 nitrogen and oxygen atoms in total. The minimum Gasteiger partial charge on any atom is -0.542 e. The third-order valence-corrected chi connectivity index (χ3v) is 7.19. The molecule has 0 aliphatic carbocycles. The summed E-state index contributed by atoms with van der Waals surface area (Å²) in [5.41, 5.74) is 0.739. The molecule has 15 heteroatoms. The van der Waals surface area contributed by atoms with E-state index in [0.29, 0.717) is 5.92 Å². The Morgan fingerprint density at radius 3 is 1.53 bits per heavy atom. The smallest absolute Gasteiger partial charge is 0.542 e. The predicted molar refractivity (Wildman–Crippen MR) is 172 cm³/mol. The van der Waals surface area contributed by atoms with E-state index >= 15 is 0 Å². The van der Waals surface area contributed by atoms with Crippen LogP contribution in [0.25, 0.3) is 21.9 Å². The predicted octanol–water partition coefficient (Wildman–Crippen LogP) is -3.47. The Bertz CT molecular complexity index is 1990. The number of ether oxygens (including phenoxy) is 2. The average molecular weight is 719 g/mol. The zero-order valence-corrected chi connectivity index (χ0v) is 32.7. The normalized spacial score (nSPS) is 11.2. The van der Waals surface area contributed by atoms with Crippen molar-refractivity contribution < 1.29 is 112 Å². The van der Waals surface area contributed by atoms with Crippen molar-refractivity contribution >= 4 is 39.8 Å². The number of benzene rings is 3. The SMILES string of the molecule is CC(C)Cc1ccc(C(C)C(=O)O)cc1.O=C([O-])c1cc(=O)c2c(OCC(O)COc3cccc4oc(C(=O)[O-])cc(=O)c34)cccc2o1.[Na+].[Na+]. The molecule has 2 N–H and O–H groups in total. The number of hydrogen-bond donors (Lipinski definition) is 2. The molecular weight excluding hydrogens is 686 g/mol. The van der Waals surface area contributed by atoms with Crippen molar-refractivity contribution in [3.8, 4) is 11.5 Å². The van der Waals surface area contributed by atoms with Crippen LogP contribution in [0.15, 0.2) is 91.2 Å². The van der Waals surface area contributed by atoms with Gasteiger partial charge in [-0.3, -0.25) is 14.4 Å². The molecule has 5 rings (SSSR count). The van der Waals surface area contributed by atoms with Crippen molar-refractivity contribution in [1.82, 2.24) is 0 Å². The summed E-state index contributed by atoms with van der Waals surface area (Å²) in [7, 11) is 0. The molecule has 0 saturated heterocycles. The van der Waals surface area contributed by atoms with E-state index in [1.165, 1.54) is 42.0 Å². The number of aliphatic hydroxyl groups is 1. The van der Waals surface area contributed by atoms with E-state index < -0.39 is 52.3 Å². The molecular formula is C36H32Na2O13. The van der Waals surface area contributed by atoms with Gasteiger partial charge < -0.3 is 48.3 Å². The van der Waals surface area contributed by atoms with Crippen LogP contribution in [-0.2, 0) is 11.2 Å². The molecule has 256 valence electrons. The molecule has 0 saturated carbocycles. The molecule has 0 aliphatic heterocycles. The van der Waals surface area contributed by atoms with E-state index in [-0.39, 0.29) is 106 Å². The summed E-state index contributed by atoms with van der Waals surface area (Å²) in [4.78, 5) is 57.3. The Hall–Kier alpha value is -3.95. The van der Waals surface area contributed by atoms with Gasteiger partial charge in [0.25, 0.3) is 0 Å². The number of aliphatic hydroxyl groups excluding tert-OH is 1. The summed E-state index contributed by atoms with van der Waals surface area (Å²) in [5, 5.41) is 41.0. The largest absolute Gasteiger partial charge is 1.00 e. The fraction of sp³-hybridized carbons (Fsp3) is 0.250. The first-order valence-electron chi connectivity index (χ1n) is 15.1. The van der Waals surface area contributed by atoms with Gasteiger partial charge in [-0.25, -0.2) is 0 Å². The zero-order valence-electron chi connectivity index (χ0n) is 28.7. The van der Waals surface area contributed by atoms with E-state index in [9.17, 15) is 39.3 Å². The van der Waals surface area contributed by atoms with Crippen molar-refractivity contribution in [3.05, 3.63) is 116 Å². The molecule has 2 aromatic heterocycles. The number of carbonyl (C=O) groups is 3. The molecule has 1 atom stereocenters. The average Bonchev–Trinajstić information content (AvgIpc) is 3.05. The Morgan fingerprint density at radius 2 is 1.16 bits per heavy atom. The molecule has 0 spiro atoms. The molecule has 2 heterocycles. The second-order valence-electron chi connectivity index (χ2n) is 11.5. The minimum absolute atomic E-state index is 0.